The number of ether oxygens (including phenoxy) is 1. The summed E-state index contributed by atoms with van der Waals surface area (Å²) in [4.78, 5) is 29.1. The predicted octanol–water partition coefficient (Wildman–Crippen LogP) is 2.52. The average molecular weight is 341 g/mol. The van der Waals surface area contributed by atoms with Crippen LogP contribution in [0, 0.1) is 12.8 Å². The fraction of sp³-hybridized carbons (Fsp3) is 0.526. The number of rotatable bonds is 3. The number of carbonyl (C=O) groups is 2. The summed E-state index contributed by atoms with van der Waals surface area (Å²) in [5.41, 5.74) is 2.20. The summed E-state index contributed by atoms with van der Waals surface area (Å²) in [5, 5.41) is 2.97. The number of imidazole rings is 1. The third kappa shape index (κ3) is 2.90. The molecule has 0 unspecified atom stereocenters. The van der Waals surface area contributed by atoms with Crippen LogP contribution in [0.3, 0.4) is 0 Å². The Morgan fingerprint density at radius 3 is 2.92 bits per heavy atom. The summed E-state index contributed by atoms with van der Waals surface area (Å²) >= 11 is 0. The van der Waals surface area contributed by atoms with Gasteiger partial charge in [0.05, 0.1) is 24.6 Å². The highest BCUT2D eigenvalue weighted by molar-refractivity contribution is 5.87. The van der Waals surface area contributed by atoms with Gasteiger partial charge >= 0.3 is 5.97 Å². The Morgan fingerprint density at radius 2 is 2.16 bits per heavy atom. The zero-order chi connectivity index (χ0) is 17.4. The second-order valence-electron chi connectivity index (χ2n) is 7.20. The molecule has 0 aromatic carbocycles. The van der Waals surface area contributed by atoms with Crippen LogP contribution in [0.15, 0.2) is 24.4 Å². The Morgan fingerprint density at radius 1 is 1.36 bits per heavy atom. The van der Waals surface area contributed by atoms with E-state index >= 15 is 0 Å². The Hall–Kier alpha value is -2.37. The van der Waals surface area contributed by atoms with Crippen LogP contribution in [0.5, 0.6) is 0 Å². The summed E-state index contributed by atoms with van der Waals surface area (Å²) in [6.07, 6.45) is 6.91. The van der Waals surface area contributed by atoms with Crippen molar-refractivity contribution >= 4 is 17.5 Å². The molecule has 1 aliphatic carbocycles. The topological polar surface area (TPSA) is 72.7 Å². The van der Waals surface area contributed by atoms with E-state index in [9.17, 15) is 9.59 Å². The first-order chi connectivity index (χ1) is 12.1. The van der Waals surface area contributed by atoms with E-state index in [1.807, 2.05) is 35.7 Å². The monoisotopic (exact) mass is 341 g/mol. The van der Waals surface area contributed by atoms with Gasteiger partial charge in [-0.05, 0) is 44.7 Å². The molecule has 1 saturated heterocycles. The zero-order valence-electron chi connectivity index (χ0n) is 14.5. The van der Waals surface area contributed by atoms with Gasteiger partial charge in [-0.25, -0.2) is 4.98 Å². The molecule has 6 nitrogen and oxygen atoms in total. The molecular formula is C19H23N3O3. The van der Waals surface area contributed by atoms with Crippen LogP contribution in [0.1, 0.15) is 49.9 Å². The predicted molar refractivity (Wildman–Crippen MR) is 91.8 cm³/mol. The van der Waals surface area contributed by atoms with E-state index in [1.165, 1.54) is 0 Å². The minimum Gasteiger partial charge on any atom is -0.458 e. The lowest BCUT2D eigenvalue weighted by atomic mass is 9.75. The first-order valence-corrected chi connectivity index (χ1v) is 9.01. The molecule has 1 atom stereocenters. The molecule has 25 heavy (non-hydrogen) atoms. The molecule has 1 amide bonds. The zero-order valence-corrected chi connectivity index (χ0v) is 14.5. The number of nitrogens with one attached hydrogen (secondary N) is 1. The molecule has 0 bridgehead atoms. The largest absolute Gasteiger partial charge is 0.458 e. The van der Waals surface area contributed by atoms with Crippen LogP contribution in [0.4, 0.5) is 0 Å². The van der Waals surface area contributed by atoms with Crippen molar-refractivity contribution in [1.82, 2.24) is 14.7 Å². The number of nitrogens with zero attached hydrogens (tertiary/aromatic N) is 2. The lowest BCUT2D eigenvalue weighted by Gasteiger charge is -2.35. The molecule has 1 saturated carbocycles. The maximum atomic E-state index is 12.7. The lowest BCUT2D eigenvalue weighted by molar-refractivity contribution is -0.153. The minimum absolute atomic E-state index is 0.0958. The van der Waals surface area contributed by atoms with E-state index in [0.29, 0.717) is 6.54 Å². The molecule has 3 heterocycles. The molecule has 132 valence electrons. The van der Waals surface area contributed by atoms with Crippen LogP contribution in [0.25, 0.3) is 5.65 Å². The van der Waals surface area contributed by atoms with Gasteiger partial charge in [-0.15, -0.1) is 0 Å². The number of fused-ring (bicyclic) bond motifs is 1. The molecule has 2 aliphatic rings. The van der Waals surface area contributed by atoms with E-state index in [-0.39, 0.29) is 24.2 Å². The minimum atomic E-state index is -0.574. The van der Waals surface area contributed by atoms with Crippen molar-refractivity contribution in [2.24, 2.45) is 5.92 Å². The summed E-state index contributed by atoms with van der Waals surface area (Å²) in [7, 11) is 0. The molecule has 1 aliphatic heterocycles. The van der Waals surface area contributed by atoms with Gasteiger partial charge in [0, 0.05) is 11.9 Å². The van der Waals surface area contributed by atoms with Crippen molar-refractivity contribution in [3.63, 3.8) is 0 Å². The van der Waals surface area contributed by atoms with Crippen LogP contribution in [0.2, 0.25) is 0 Å². The summed E-state index contributed by atoms with van der Waals surface area (Å²) in [6, 6.07) is 5.93. The van der Waals surface area contributed by atoms with Gasteiger partial charge in [0.25, 0.3) is 0 Å². The number of aryl methyl sites for hydroxylation is 1. The van der Waals surface area contributed by atoms with Crippen molar-refractivity contribution < 1.29 is 14.3 Å². The van der Waals surface area contributed by atoms with Crippen molar-refractivity contribution in [2.45, 2.75) is 57.6 Å². The Kier molecular flexibility index (Phi) is 3.98. The number of hydrogen-bond acceptors (Lipinski definition) is 4. The second kappa shape index (κ2) is 6.17. The van der Waals surface area contributed by atoms with E-state index in [1.54, 1.807) is 0 Å². The van der Waals surface area contributed by atoms with Crippen LogP contribution >= 0.6 is 0 Å². The summed E-state index contributed by atoms with van der Waals surface area (Å²) in [5.74, 6) is -0.717. The van der Waals surface area contributed by atoms with Gasteiger partial charge in [0.2, 0.25) is 5.91 Å². The molecule has 2 aromatic heterocycles. The Balaban J connectivity index is 1.47. The van der Waals surface area contributed by atoms with Gasteiger partial charge in [0.15, 0.2) is 0 Å². The van der Waals surface area contributed by atoms with E-state index in [2.05, 4.69) is 10.3 Å². The molecule has 2 aromatic rings. The van der Waals surface area contributed by atoms with Crippen molar-refractivity contribution in [2.75, 3.05) is 0 Å². The highest BCUT2D eigenvalue weighted by atomic mass is 16.6. The second-order valence-corrected chi connectivity index (χ2v) is 7.20. The van der Waals surface area contributed by atoms with Crippen molar-refractivity contribution in [1.29, 1.82) is 0 Å². The molecule has 1 N–H and O–H groups in total. The smallest absolute Gasteiger partial charge is 0.307 e. The van der Waals surface area contributed by atoms with Gasteiger partial charge < -0.3 is 14.5 Å². The summed E-state index contributed by atoms with van der Waals surface area (Å²) in [6.45, 7) is 2.38. The van der Waals surface area contributed by atoms with Gasteiger partial charge in [0.1, 0.15) is 11.2 Å². The van der Waals surface area contributed by atoms with E-state index < -0.39 is 5.60 Å². The molecule has 0 radical (unpaired) electrons. The molecular weight excluding hydrogens is 318 g/mol. The van der Waals surface area contributed by atoms with E-state index in [0.717, 1.165) is 49.1 Å². The maximum Gasteiger partial charge on any atom is 0.307 e. The van der Waals surface area contributed by atoms with Crippen molar-refractivity contribution in [3.05, 3.63) is 35.8 Å². The molecule has 1 spiro atoms. The number of pyridine rings is 1. The maximum absolute atomic E-state index is 12.7. The number of hydrogen-bond donors (Lipinski definition) is 1. The number of aromatic nitrogens is 2. The molecule has 2 fully saturated rings. The highest BCUT2D eigenvalue weighted by Gasteiger charge is 2.52. The van der Waals surface area contributed by atoms with Crippen LogP contribution < -0.4 is 5.32 Å². The van der Waals surface area contributed by atoms with E-state index in [4.69, 9.17) is 4.74 Å². The average Bonchev–Trinajstić information content (AvgIpc) is 3.15. The number of amides is 1. The Labute approximate surface area is 146 Å². The van der Waals surface area contributed by atoms with Gasteiger partial charge in [-0.2, -0.15) is 0 Å². The fourth-order valence-electron chi connectivity index (χ4n) is 4.21. The third-order valence-corrected chi connectivity index (χ3v) is 5.53. The van der Waals surface area contributed by atoms with Crippen molar-refractivity contribution in [3.8, 4) is 0 Å². The highest BCUT2D eigenvalue weighted by Crippen LogP contribution is 2.44. The van der Waals surface area contributed by atoms with Gasteiger partial charge in [-0.1, -0.05) is 12.5 Å². The quantitative estimate of drug-likeness (QED) is 0.871. The Bertz CT molecular complexity index is 820. The SMILES string of the molecule is Cc1cccc2nc(CNC(=O)[C@H]3CC(=O)OC34CCCCC4)cn12. The number of carbonyl (C=O) groups excluding carboxylic acids is 2. The third-order valence-electron chi connectivity index (χ3n) is 5.53. The van der Waals surface area contributed by atoms with Crippen LogP contribution in [-0.4, -0.2) is 26.9 Å². The fourth-order valence-corrected chi connectivity index (χ4v) is 4.21. The number of esters is 1. The molecule has 4 rings (SSSR count). The first kappa shape index (κ1) is 16.1. The normalized spacial score (nSPS) is 22.3. The molecule has 6 heteroatoms. The van der Waals surface area contributed by atoms with Crippen LogP contribution in [-0.2, 0) is 20.9 Å². The first-order valence-electron chi connectivity index (χ1n) is 9.01. The van der Waals surface area contributed by atoms with Gasteiger partial charge in [-0.3, -0.25) is 9.59 Å². The lowest BCUT2D eigenvalue weighted by Crippen LogP contribution is -2.45. The standard InChI is InChI=1S/C19H23N3O3/c1-13-6-5-7-16-21-14(12-22(13)16)11-20-18(24)15-10-17(23)25-19(15)8-3-2-4-9-19/h5-7,12,15H,2-4,8-11H2,1H3,(H,20,24)/t15-/m1/s1. The summed E-state index contributed by atoms with van der Waals surface area (Å²) < 4.78 is 7.63.